The number of carboxylic acid groups (broad SMARTS) is 1. The Balaban J connectivity index is 1.98. The minimum absolute atomic E-state index is 0.211. The number of likely N-dealkylation sites (tertiary alicyclic amines) is 1. The Labute approximate surface area is 71.5 Å². The van der Waals surface area contributed by atoms with Crippen LogP contribution in [-0.4, -0.2) is 47.7 Å². The first-order valence-electron chi connectivity index (χ1n) is 4.48. The second-order valence-corrected chi connectivity index (χ2v) is 3.55. The van der Waals surface area contributed by atoms with Crippen molar-refractivity contribution in [2.75, 3.05) is 19.6 Å². The highest BCUT2D eigenvalue weighted by molar-refractivity contribution is 5.73. The number of rotatable bonds is 2. The predicted octanol–water partition coefficient (Wildman–Crippen LogP) is -0.493. The zero-order chi connectivity index (χ0) is 8.55. The second-order valence-electron chi connectivity index (χ2n) is 3.55. The summed E-state index contributed by atoms with van der Waals surface area (Å²) < 4.78 is 0. The third-order valence-electron chi connectivity index (χ3n) is 2.81. The number of aliphatic carboxylic acids is 1. The molecule has 2 aliphatic heterocycles. The number of carboxylic acids is 1. The van der Waals surface area contributed by atoms with Gasteiger partial charge in [0.15, 0.2) is 0 Å². The van der Waals surface area contributed by atoms with Crippen molar-refractivity contribution in [3.8, 4) is 0 Å². The molecule has 0 bridgehead atoms. The van der Waals surface area contributed by atoms with Crippen LogP contribution in [-0.2, 0) is 4.79 Å². The molecule has 2 aliphatic rings. The summed E-state index contributed by atoms with van der Waals surface area (Å²) in [4.78, 5) is 12.9. The molecule has 0 spiro atoms. The predicted molar refractivity (Wildman–Crippen MR) is 44.0 cm³/mol. The molecule has 68 valence electrons. The van der Waals surface area contributed by atoms with Gasteiger partial charge >= 0.3 is 5.97 Å². The van der Waals surface area contributed by atoms with Crippen LogP contribution >= 0.6 is 0 Å². The lowest BCUT2D eigenvalue weighted by molar-refractivity contribution is -0.143. The number of nitrogens with one attached hydrogen (secondary N) is 1. The fourth-order valence-corrected chi connectivity index (χ4v) is 2.00. The van der Waals surface area contributed by atoms with Crippen LogP contribution < -0.4 is 5.32 Å². The fourth-order valence-electron chi connectivity index (χ4n) is 2.00. The largest absolute Gasteiger partial charge is 0.480 e. The first-order valence-corrected chi connectivity index (χ1v) is 4.48. The molecule has 0 aromatic heterocycles. The van der Waals surface area contributed by atoms with Gasteiger partial charge in [-0.05, 0) is 19.4 Å². The van der Waals surface area contributed by atoms with E-state index >= 15 is 0 Å². The summed E-state index contributed by atoms with van der Waals surface area (Å²) >= 11 is 0. The zero-order valence-corrected chi connectivity index (χ0v) is 6.99. The number of carbonyl (C=O) groups is 1. The SMILES string of the molecule is O=C(O)[C@H]1CCCN1C1CNC1. The molecule has 0 amide bonds. The molecule has 0 aliphatic carbocycles. The highest BCUT2D eigenvalue weighted by Gasteiger charge is 2.37. The van der Waals surface area contributed by atoms with Crippen molar-refractivity contribution >= 4 is 5.97 Å². The van der Waals surface area contributed by atoms with Crippen molar-refractivity contribution in [3.63, 3.8) is 0 Å². The van der Waals surface area contributed by atoms with Crippen molar-refractivity contribution < 1.29 is 9.90 Å². The molecule has 2 saturated heterocycles. The molecule has 0 saturated carbocycles. The minimum atomic E-state index is -0.653. The first kappa shape index (κ1) is 8.01. The van der Waals surface area contributed by atoms with Crippen LogP contribution in [0.1, 0.15) is 12.8 Å². The maximum absolute atomic E-state index is 10.8. The van der Waals surface area contributed by atoms with E-state index < -0.39 is 5.97 Å². The maximum atomic E-state index is 10.8. The van der Waals surface area contributed by atoms with E-state index in [0.717, 1.165) is 32.5 Å². The smallest absolute Gasteiger partial charge is 0.320 e. The molecular formula is C8H14N2O2. The monoisotopic (exact) mass is 170 g/mol. The third kappa shape index (κ3) is 1.21. The van der Waals surface area contributed by atoms with E-state index in [1.807, 2.05) is 0 Å². The summed E-state index contributed by atoms with van der Waals surface area (Å²) in [5.74, 6) is -0.653. The van der Waals surface area contributed by atoms with E-state index in [0.29, 0.717) is 6.04 Å². The Kier molecular flexibility index (Phi) is 2.02. The molecule has 2 N–H and O–H groups in total. The average molecular weight is 170 g/mol. The maximum Gasteiger partial charge on any atom is 0.320 e. The lowest BCUT2D eigenvalue weighted by Crippen LogP contribution is -2.59. The summed E-state index contributed by atoms with van der Waals surface area (Å²) in [6, 6.07) is 0.269. The Morgan fingerprint density at radius 2 is 2.25 bits per heavy atom. The molecule has 1 atom stereocenters. The van der Waals surface area contributed by atoms with Crippen LogP contribution in [0, 0.1) is 0 Å². The molecule has 0 unspecified atom stereocenters. The summed E-state index contributed by atoms with van der Waals surface area (Å²) in [6.45, 7) is 2.89. The molecule has 0 radical (unpaired) electrons. The van der Waals surface area contributed by atoms with Crippen LogP contribution in [0.15, 0.2) is 0 Å². The highest BCUT2D eigenvalue weighted by Crippen LogP contribution is 2.21. The van der Waals surface area contributed by atoms with Crippen molar-refractivity contribution in [2.45, 2.75) is 24.9 Å². The Morgan fingerprint density at radius 1 is 1.50 bits per heavy atom. The van der Waals surface area contributed by atoms with Gasteiger partial charge in [-0.15, -0.1) is 0 Å². The van der Waals surface area contributed by atoms with Gasteiger partial charge in [0.1, 0.15) is 6.04 Å². The second kappa shape index (κ2) is 3.03. The van der Waals surface area contributed by atoms with Gasteiger partial charge in [-0.3, -0.25) is 9.69 Å². The summed E-state index contributed by atoms with van der Waals surface area (Å²) in [6.07, 6.45) is 1.86. The summed E-state index contributed by atoms with van der Waals surface area (Å²) in [5.41, 5.74) is 0. The van der Waals surface area contributed by atoms with E-state index in [-0.39, 0.29) is 6.04 Å². The van der Waals surface area contributed by atoms with Gasteiger partial charge < -0.3 is 10.4 Å². The molecule has 12 heavy (non-hydrogen) atoms. The van der Waals surface area contributed by atoms with Gasteiger partial charge in [-0.1, -0.05) is 0 Å². The lowest BCUT2D eigenvalue weighted by atomic mass is 10.1. The lowest BCUT2D eigenvalue weighted by Gasteiger charge is -2.37. The topological polar surface area (TPSA) is 52.6 Å². The van der Waals surface area contributed by atoms with E-state index in [4.69, 9.17) is 5.11 Å². The Hall–Kier alpha value is -0.610. The van der Waals surface area contributed by atoms with Gasteiger partial charge in [-0.2, -0.15) is 0 Å². The molecule has 4 heteroatoms. The first-order chi connectivity index (χ1) is 5.79. The van der Waals surface area contributed by atoms with E-state index in [1.165, 1.54) is 0 Å². The molecular weight excluding hydrogens is 156 g/mol. The van der Waals surface area contributed by atoms with Crippen LogP contribution in [0.5, 0.6) is 0 Å². The van der Waals surface area contributed by atoms with E-state index in [9.17, 15) is 4.79 Å². The normalized spacial score (nSPS) is 31.8. The summed E-state index contributed by atoms with van der Waals surface area (Å²) in [5, 5.41) is 12.1. The Morgan fingerprint density at radius 3 is 2.75 bits per heavy atom. The standard InChI is InChI=1S/C8H14N2O2/c11-8(12)7-2-1-3-10(7)6-4-9-5-6/h6-7,9H,1-5H2,(H,11,12)/t7-/m1/s1. The van der Waals surface area contributed by atoms with Crippen LogP contribution in [0.25, 0.3) is 0 Å². The zero-order valence-electron chi connectivity index (χ0n) is 6.99. The molecule has 4 nitrogen and oxygen atoms in total. The van der Waals surface area contributed by atoms with Crippen molar-refractivity contribution in [2.24, 2.45) is 0 Å². The third-order valence-corrected chi connectivity index (χ3v) is 2.81. The number of hydrogen-bond acceptors (Lipinski definition) is 3. The van der Waals surface area contributed by atoms with Crippen LogP contribution in [0.3, 0.4) is 0 Å². The Bertz CT molecular complexity index is 191. The minimum Gasteiger partial charge on any atom is -0.480 e. The molecule has 2 fully saturated rings. The highest BCUT2D eigenvalue weighted by atomic mass is 16.4. The van der Waals surface area contributed by atoms with Gasteiger partial charge in [0.2, 0.25) is 0 Å². The number of nitrogens with zero attached hydrogens (tertiary/aromatic N) is 1. The molecule has 0 aromatic carbocycles. The van der Waals surface area contributed by atoms with Crippen molar-refractivity contribution in [3.05, 3.63) is 0 Å². The number of hydrogen-bond donors (Lipinski definition) is 2. The van der Waals surface area contributed by atoms with Crippen molar-refractivity contribution in [1.82, 2.24) is 10.2 Å². The van der Waals surface area contributed by atoms with Gasteiger partial charge in [0.05, 0.1) is 0 Å². The van der Waals surface area contributed by atoms with Gasteiger partial charge in [0.25, 0.3) is 0 Å². The average Bonchev–Trinajstić information content (AvgIpc) is 2.31. The van der Waals surface area contributed by atoms with Crippen LogP contribution in [0.4, 0.5) is 0 Å². The molecule has 2 heterocycles. The van der Waals surface area contributed by atoms with E-state index in [1.54, 1.807) is 0 Å². The van der Waals surface area contributed by atoms with Gasteiger partial charge in [0, 0.05) is 19.1 Å². The quantitative estimate of drug-likeness (QED) is 0.587. The summed E-state index contributed by atoms with van der Waals surface area (Å²) in [7, 11) is 0. The van der Waals surface area contributed by atoms with Gasteiger partial charge in [-0.25, -0.2) is 0 Å². The van der Waals surface area contributed by atoms with Crippen molar-refractivity contribution in [1.29, 1.82) is 0 Å². The van der Waals surface area contributed by atoms with E-state index in [2.05, 4.69) is 10.2 Å². The molecule has 2 rings (SSSR count). The molecule has 0 aromatic rings. The fraction of sp³-hybridized carbons (Fsp3) is 0.875. The van der Waals surface area contributed by atoms with Crippen LogP contribution in [0.2, 0.25) is 0 Å².